The predicted octanol–water partition coefficient (Wildman–Crippen LogP) is 2.43. The van der Waals surface area contributed by atoms with Gasteiger partial charge in [0.15, 0.2) is 0 Å². The number of hydrogen-bond donors (Lipinski definition) is 1. The van der Waals surface area contributed by atoms with E-state index in [1.165, 1.54) is 0 Å². The van der Waals surface area contributed by atoms with Gasteiger partial charge in [0.1, 0.15) is 11.6 Å². The average molecular weight is 310 g/mol. The van der Waals surface area contributed by atoms with Crippen LogP contribution in [0.1, 0.15) is 17.4 Å². The van der Waals surface area contributed by atoms with E-state index < -0.39 is 0 Å². The van der Waals surface area contributed by atoms with Crippen LogP contribution >= 0.6 is 15.9 Å². The molecule has 0 amide bonds. The first kappa shape index (κ1) is 13.1. The van der Waals surface area contributed by atoms with E-state index in [0.717, 1.165) is 28.0 Å². The topological polar surface area (TPSA) is 53.1 Å². The lowest BCUT2D eigenvalue weighted by Crippen LogP contribution is -2.17. The number of benzene rings is 1. The Kier molecular flexibility index (Phi) is 4.04. The lowest BCUT2D eigenvalue weighted by atomic mass is 10.1. The van der Waals surface area contributed by atoms with E-state index in [0.29, 0.717) is 0 Å². The monoisotopic (exact) mass is 309 g/mol. The molecule has 2 N–H and O–H groups in total. The summed E-state index contributed by atoms with van der Waals surface area (Å²) in [7, 11) is 3.60. The molecule has 0 aliphatic heterocycles. The van der Waals surface area contributed by atoms with Gasteiger partial charge in [0.05, 0.1) is 17.6 Å². The molecule has 2 aromatic rings. The van der Waals surface area contributed by atoms with Gasteiger partial charge < -0.3 is 15.0 Å². The zero-order valence-corrected chi connectivity index (χ0v) is 12.0. The third-order valence-corrected chi connectivity index (χ3v) is 3.48. The summed E-state index contributed by atoms with van der Waals surface area (Å²) in [6.07, 6.45) is 4.41. The van der Waals surface area contributed by atoms with Gasteiger partial charge in [0.25, 0.3) is 0 Å². The van der Waals surface area contributed by atoms with E-state index in [1.54, 1.807) is 13.3 Å². The van der Waals surface area contributed by atoms with Gasteiger partial charge >= 0.3 is 0 Å². The van der Waals surface area contributed by atoms with E-state index in [2.05, 4.69) is 20.9 Å². The third kappa shape index (κ3) is 2.73. The lowest BCUT2D eigenvalue weighted by Gasteiger charge is -2.12. The maximum absolute atomic E-state index is 6.16. The standard InChI is InChI=1S/C13H16BrN3O/c1-17-6-5-16-13(17)11(15)8-9-3-4-12(18-2)10(14)7-9/h3-7,11H,8,15H2,1-2H3. The van der Waals surface area contributed by atoms with Gasteiger partial charge in [-0.05, 0) is 40.0 Å². The molecule has 2 rings (SSSR count). The second-order valence-corrected chi connectivity index (χ2v) is 5.03. The summed E-state index contributed by atoms with van der Waals surface area (Å²) in [5.41, 5.74) is 7.31. The fourth-order valence-corrected chi connectivity index (χ4v) is 2.50. The first-order chi connectivity index (χ1) is 8.61. The summed E-state index contributed by atoms with van der Waals surface area (Å²) in [6, 6.07) is 5.88. The minimum Gasteiger partial charge on any atom is -0.496 e. The van der Waals surface area contributed by atoms with E-state index in [9.17, 15) is 0 Å². The molecule has 0 radical (unpaired) electrons. The molecular formula is C13H16BrN3O. The first-order valence-electron chi connectivity index (χ1n) is 5.67. The van der Waals surface area contributed by atoms with Gasteiger partial charge in [0, 0.05) is 19.4 Å². The van der Waals surface area contributed by atoms with Crippen LogP contribution in [0.3, 0.4) is 0 Å². The normalized spacial score (nSPS) is 12.4. The Morgan fingerprint density at radius 1 is 1.50 bits per heavy atom. The molecular weight excluding hydrogens is 294 g/mol. The van der Waals surface area contributed by atoms with Crippen LogP contribution < -0.4 is 10.5 Å². The summed E-state index contributed by atoms with van der Waals surface area (Å²) < 4.78 is 8.09. The second kappa shape index (κ2) is 5.54. The largest absolute Gasteiger partial charge is 0.496 e. The highest BCUT2D eigenvalue weighted by Crippen LogP contribution is 2.27. The molecule has 0 fully saturated rings. The number of nitrogens with zero attached hydrogens (tertiary/aromatic N) is 2. The van der Waals surface area contributed by atoms with Gasteiger partial charge in [-0.1, -0.05) is 6.07 Å². The molecule has 1 aromatic heterocycles. The Hall–Kier alpha value is -1.33. The van der Waals surface area contributed by atoms with Gasteiger partial charge in [-0.15, -0.1) is 0 Å². The van der Waals surface area contributed by atoms with Crippen LogP contribution in [0.5, 0.6) is 5.75 Å². The number of nitrogens with two attached hydrogens (primary N) is 1. The van der Waals surface area contributed by atoms with E-state index in [-0.39, 0.29) is 6.04 Å². The van der Waals surface area contributed by atoms with Gasteiger partial charge in [0.2, 0.25) is 0 Å². The minimum atomic E-state index is -0.106. The molecule has 1 aromatic carbocycles. The zero-order chi connectivity index (χ0) is 13.1. The third-order valence-electron chi connectivity index (χ3n) is 2.86. The van der Waals surface area contributed by atoms with Crippen molar-refractivity contribution in [3.63, 3.8) is 0 Å². The van der Waals surface area contributed by atoms with Crippen LogP contribution in [-0.2, 0) is 13.5 Å². The highest BCUT2D eigenvalue weighted by atomic mass is 79.9. The maximum atomic E-state index is 6.16. The van der Waals surface area contributed by atoms with Gasteiger partial charge in [-0.3, -0.25) is 0 Å². The van der Waals surface area contributed by atoms with Crippen LogP contribution in [0.2, 0.25) is 0 Å². The van der Waals surface area contributed by atoms with Crippen LogP contribution in [-0.4, -0.2) is 16.7 Å². The SMILES string of the molecule is COc1ccc(CC(N)c2nccn2C)cc1Br. The Balaban J connectivity index is 2.15. The summed E-state index contributed by atoms with van der Waals surface area (Å²) in [5.74, 6) is 1.71. The number of methoxy groups -OCH3 is 1. The number of aryl methyl sites for hydroxylation is 1. The molecule has 0 aliphatic rings. The number of hydrogen-bond acceptors (Lipinski definition) is 3. The van der Waals surface area contributed by atoms with Crippen molar-refractivity contribution in [3.05, 3.63) is 46.5 Å². The summed E-state index contributed by atoms with van der Waals surface area (Å²) in [5, 5.41) is 0. The first-order valence-corrected chi connectivity index (χ1v) is 6.46. The second-order valence-electron chi connectivity index (χ2n) is 4.18. The van der Waals surface area contributed by atoms with Crippen molar-refractivity contribution in [2.45, 2.75) is 12.5 Å². The smallest absolute Gasteiger partial charge is 0.133 e. The van der Waals surface area contributed by atoms with Crippen molar-refractivity contribution in [1.82, 2.24) is 9.55 Å². The Labute approximate surface area is 115 Å². The quantitative estimate of drug-likeness (QED) is 0.943. The van der Waals surface area contributed by atoms with Crippen LogP contribution in [0.25, 0.3) is 0 Å². The molecule has 5 heteroatoms. The predicted molar refractivity (Wildman–Crippen MR) is 74.5 cm³/mol. The lowest BCUT2D eigenvalue weighted by molar-refractivity contribution is 0.412. The molecule has 1 unspecified atom stereocenters. The van der Waals surface area contributed by atoms with Crippen molar-refractivity contribution < 1.29 is 4.74 Å². The number of ether oxygens (including phenoxy) is 1. The Morgan fingerprint density at radius 3 is 2.83 bits per heavy atom. The van der Waals surface area contributed by atoms with E-state index >= 15 is 0 Å². The Bertz CT molecular complexity index is 539. The molecule has 0 bridgehead atoms. The highest BCUT2D eigenvalue weighted by molar-refractivity contribution is 9.10. The number of rotatable bonds is 4. The number of aromatic nitrogens is 2. The summed E-state index contributed by atoms with van der Waals surface area (Å²) in [4.78, 5) is 4.27. The fourth-order valence-electron chi connectivity index (χ4n) is 1.92. The minimum absolute atomic E-state index is 0.106. The fraction of sp³-hybridized carbons (Fsp3) is 0.308. The van der Waals surface area contributed by atoms with Crippen LogP contribution in [0.4, 0.5) is 0 Å². The molecule has 4 nitrogen and oxygen atoms in total. The molecule has 0 saturated carbocycles. The van der Waals surface area contributed by atoms with Crippen molar-refractivity contribution in [2.75, 3.05) is 7.11 Å². The molecule has 0 aliphatic carbocycles. The van der Waals surface area contributed by atoms with Crippen LogP contribution in [0, 0.1) is 0 Å². The van der Waals surface area contributed by atoms with Crippen molar-refractivity contribution in [1.29, 1.82) is 0 Å². The van der Waals surface area contributed by atoms with E-state index in [1.807, 2.05) is 36.0 Å². The van der Waals surface area contributed by atoms with Gasteiger partial charge in [-0.2, -0.15) is 0 Å². The molecule has 96 valence electrons. The summed E-state index contributed by atoms with van der Waals surface area (Å²) in [6.45, 7) is 0. The zero-order valence-electron chi connectivity index (χ0n) is 10.4. The van der Waals surface area contributed by atoms with Gasteiger partial charge in [-0.25, -0.2) is 4.98 Å². The highest BCUT2D eigenvalue weighted by Gasteiger charge is 2.12. The summed E-state index contributed by atoms with van der Waals surface area (Å²) >= 11 is 3.47. The maximum Gasteiger partial charge on any atom is 0.133 e. The molecule has 0 spiro atoms. The Morgan fingerprint density at radius 2 is 2.28 bits per heavy atom. The molecule has 0 saturated heterocycles. The molecule has 18 heavy (non-hydrogen) atoms. The van der Waals surface area contributed by atoms with Crippen molar-refractivity contribution in [3.8, 4) is 5.75 Å². The number of halogens is 1. The number of imidazole rings is 1. The van der Waals surface area contributed by atoms with E-state index in [4.69, 9.17) is 10.5 Å². The van der Waals surface area contributed by atoms with Crippen molar-refractivity contribution in [2.24, 2.45) is 12.8 Å². The average Bonchev–Trinajstić information content (AvgIpc) is 2.76. The van der Waals surface area contributed by atoms with Crippen molar-refractivity contribution >= 4 is 15.9 Å². The molecule has 1 atom stereocenters. The van der Waals surface area contributed by atoms with Crippen LogP contribution in [0.15, 0.2) is 35.1 Å². The molecule has 1 heterocycles.